The number of hydrogen-bond donors (Lipinski definition) is 3. The molecule has 38 heavy (non-hydrogen) atoms. The van der Waals surface area contributed by atoms with Gasteiger partial charge in [0.1, 0.15) is 6.10 Å². The Kier molecular flexibility index (Phi) is 6.84. The highest BCUT2D eigenvalue weighted by Crippen LogP contribution is 2.34. The predicted molar refractivity (Wildman–Crippen MR) is 144 cm³/mol. The standard InChI is InChI=1S/C26H34N8O4/c1-7-37-25-17-8-9-19-18-10-20(27-24(36)23(18)29-28-19)22-16(4)30-33(6)26(22)38-15(3)11-32(5)12-21(17)34(31-25)14(2)13-35/h8-10,14-15,35H,7,11-13H2,1-6H3,(H,27,36)(H,28,29)/b9-8+. The Hall–Kier alpha value is -3.90. The van der Waals surface area contributed by atoms with Crippen LogP contribution >= 0.6 is 0 Å². The highest BCUT2D eigenvalue weighted by atomic mass is 16.5. The summed E-state index contributed by atoms with van der Waals surface area (Å²) in [6.45, 7) is 9.25. The van der Waals surface area contributed by atoms with E-state index >= 15 is 0 Å². The molecule has 2 unspecified atom stereocenters. The van der Waals surface area contributed by atoms with Crippen LogP contribution in [-0.2, 0) is 13.6 Å². The molecule has 1 aliphatic heterocycles. The molecule has 0 saturated heterocycles. The number of aliphatic hydroxyl groups excluding tert-OH is 1. The number of nitrogens with zero attached hydrogens (tertiary/aromatic N) is 6. The topological polar surface area (TPSA) is 139 Å². The summed E-state index contributed by atoms with van der Waals surface area (Å²) in [5.41, 5.74) is 4.47. The van der Waals surface area contributed by atoms with Gasteiger partial charge < -0.3 is 19.6 Å². The highest BCUT2D eigenvalue weighted by Gasteiger charge is 2.25. The maximum atomic E-state index is 13.0. The van der Waals surface area contributed by atoms with E-state index in [1.165, 1.54) is 0 Å². The molecule has 4 aromatic rings. The maximum Gasteiger partial charge on any atom is 0.276 e. The van der Waals surface area contributed by atoms with Crippen LogP contribution in [0, 0.1) is 6.92 Å². The van der Waals surface area contributed by atoms with Gasteiger partial charge in [0.2, 0.25) is 11.8 Å². The molecule has 4 aromatic heterocycles. The molecular formula is C26H34N8O4. The van der Waals surface area contributed by atoms with Crippen LogP contribution in [0.15, 0.2) is 10.9 Å². The quantitative estimate of drug-likeness (QED) is 0.372. The first-order valence-electron chi connectivity index (χ1n) is 12.7. The minimum atomic E-state index is -0.306. The lowest BCUT2D eigenvalue weighted by Crippen LogP contribution is -2.32. The summed E-state index contributed by atoms with van der Waals surface area (Å²) in [6.07, 6.45) is 3.61. The third-order valence-corrected chi connectivity index (χ3v) is 6.72. The number of aryl methyl sites for hydroxylation is 2. The maximum absolute atomic E-state index is 13.0. The number of H-pyrrole nitrogens is 2. The SMILES string of the molecule is CCOc1nn(C(C)CO)c2c1/C=C/c1[nH]nc3c(=O)[nH]c(cc13)-c1c(C)nn(C)c1OC(C)CN(C)C2. The molecule has 12 heteroatoms. The van der Waals surface area contributed by atoms with E-state index in [0.717, 1.165) is 22.5 Å². The van der Waals surface area contributed by atoms with Crippen molar-refractivity contribution in [3.63, 3.8) is 0 Å². The largest absolute Gasteiger partial charge is 0.476 e. The van der Waals surface area contributed by atoms with E-state index in [-0.39, 0.29) is 24.3 Å². The predicted octanol–water partition coefficient (Wildman–Crippen LogP) is 2.49. The van der Waals surface area contributed by atoms with Gasteiger partial charge in [0.25, 0.3) is 5.56 Å². The number of ether oxygens (including phenoxy) is 2. The average molecular weight is 523 g/mol. The first kappa shape index (κ1) is 25.7. The Bertz CT molecular complexity index is 1560. The lowest BCUT2D eigenvalue weighted by molar-refractivity contribution is 0.145. The number of aromatic amines is 2. The zero-order valence-corrected chi connectivity index (χ0v) is 22.6. The summed E-state index contributed by atoms with van der Waals surface area (Å²) in [5, 5.41) is 27.1. The van der Waals surface area contributed by atoms with Crippen molar-refractivity contribution in [3.05, 3.63) is 39.1 Å². The Morgan fingerprint density at radius 2 is 2.08 bits per heavy atom. The fourth-order valence-electron chi connectivity index (χ4n) is 5.01. The van der Waals surface area contributed by atoms with Crippen molar-refractivity contribution >= 4 is 23.1 Å². The highest BCUT2D eigenvalue weighted by molar-refractivity contribution is 5.92. The number of rotatable bonds is 4. The van der Waals surface area contributed by atoms with Crippen LogP contribution in [0.5, 0.6) is 11.8 Å². The summed E-state index contributed by atoms with van der Waals surface area (Å²) in [6, 6.07) is 1.65. The summed E-state index contributed by atoms with van der Waals surface area (Å²) in [5.74, 6) is 1.06. The minimum Gasteiger partial charge on any atom is -0.476 e. The molecule has 0 saturated carbocycles. The third-order valence-electron chi connectivity index (χ3n) is 6.72. The second-order valence-electron chi connectivity index (χ2n) is 9.83. The van der Waals surface area contributed by atoms with Crippen molar-refractivity contribution in [2.75, 3.05) is 26.8 Å². The zero-order chi connectivity index (χ0) is 27.1. The molecule has 0 spiro atoms. The van der Waals surface area contributed by atoms with Crippen LogP contribution in [0.2, 0.25) is 0 Å². The van der Waals surface area contributed by atoms with Crippen LogP contribution in [0.3, 0.4) is 0 Å². The first-order valence-corrected chi connectivity index (χ1v) is 12.7. The minimum absolute atomic E-state index is 0.0635. The van der Waals surface area contributed by atoms with E-state index in [0.29, 0.717) is 53.7 Å². The second-order valence-corrected chi connectivity index (χ2v) is 9.83. The van der Waals surface area contributed by atoms with Crippen molar-refractivity contribution in [3.8, 4) is 23.0 Å². The van der Waals surface area contributed by atoms with Gasteiger partial charge >= 0.3 is 0 Å². The smallest absolute Gasteiger partial charge is 0.276 e. The number of aliphatic hydroxyl groups is 1. The normalized spacial score (nSPS) is 17.9. The van der Waals surface area contributed by atoms with Crippen molar-refractivity contribution in [2.45, 2.75) is 46.4 Å². The molecule has 0 aromatic carbocycles. The summed E-state index contributed by atoms with van der Waals surface area (Å²) < 4.78 is 15.8. The molecular weight excluding hydrogens is 488 g/mol. The number of likely N-dealkylation sites (N-methyl/N-ethyl adjacent to an activating group) is 1. The van der Waals surface area contributed by atoms with Crippen LogP contribution in [0.1, 0.15) is 49.5 Å². The molecule has 0 fully saturated rings. The van der Waals surface area contributed by atoms with Crippen molar-refractivity contribution in [2.24, 2.45) is 7.05 Å². The molecule has 1 aliphatic rings. The molecule has 2 bridgehead atoms. The van der Waals surface area contributed by atoms with E-state index in [1.807, 2.05) is 64.7 Å². The Balaban J connectivity index is 1.75. The van der Waals surface area contributed by atoms with E-state index in [9.17, 15) is 9.90 Å². The lowest BCUT2D eigenvalue weighted by atomic mass is 10.1. The summed E-state index contributed by atoms with van der Waals surface area (Å²) >= 11 is 0. The van der Waals surface area contributed by atoms with Gasteiger partial charge in [0.15, 0.2) is 5.52 Å². The van der Waals surface area contributed by atoms with Crippen LogP contribution in [-0.4, -0.2) is 77.7 Å². The van der Waals surface area contributed by atoms with Crippen LogP contribution in [0.4, 0.5) is 0 Å². The number of aromatic nitrogens is 7. The van der Waals surface area contributed by atoms with Crippen LogP contribution in [0.25, 0.3) is 34.3 Å². The van der Waals surface area contributed by atoms with Crippen molar-refractivity contribution < 1.29 is 14.6 Å². The Morgan fingerprint density at radius 3 is 2.82 bits per heavy atom. The van der Waals surface area contributed by atoms with E-state index < -0.39 is 0 Å². The Labute approximate surface area is 219 Å². The van der Waals surface area contributed by atoms with Gasteiger partial charge in [-0.3, -0.25) is 19.5 Å². The molecule has 202 valence electrons. The summed E-state index contributed by atoms with van der Waals surface area (Å²) in [7, 11) is 3.84. The Morgan fingerprint density at radius 1 is 1.29 bits per heavy atom. The third kappa shape index (κ3) is 4.50. The molecule has 2 atom stereocenters. The fourth-order valence-corrected chi connectivity index (χ4v) is 5.01. The summed E-state index contributed by atoms with van der Waals surface area (Å²) in [4.78, 5) is 18.1. The van der Waals surface area contributed by atoms with E-state index in [4.69, 9.17) is 14.6 Å². The molecule has 0 amide bonds. The number of pyridine rings is 1. The molecule has 3 N–H and O–H groups in total. The van der Waals surface area contributed by atoms with Gasteiger partial charge in [-0.1, -0.05) is 0 Å². The first-order chi connectivity index (χ1) is 18.2. The fraction of sp³-hybridized carbons (Fsp3) is 0.462. The van der Waals surface area contributed by atoms with Gasteiger partial charge in [0.05, 0.1) is 53.2 Å². The number of fused-ring (bicyclic) bond motifs is 4. The van der Waals surface area contributed by atoms with E-state index in [1.54, 1.807) is 4.68 Å². The molecule has 5 heterocycles. The molecule has 5 rings (SSSR count). The average Bonchev–Trinajstić information content (AvgIpc) is 3.51. The second kappa shape index (κ2) is 10.1. The molecule has 0 aliphatic carbocycles. The zero-order valence-electron chi connectivity index (χ0n) is 22.6. The molecule has 12 nitrogen and oxygen atoms in total. The van der Waals surface area contributed by atoms with Gasteiger partial charge in [-0.25, -0.2) is 4.68 Å². The van der Waals surface area contributed by atoms with E-state index in [2.05, 4.69) is 25.2 Å². The van der Waals surface area contributed by atoms with Gasteiger partial charge in [-0.05, 0) is 53.0 Å². The lowest BCUT2D eigenvalue weighted by Gasteiger charge is -2.24. The van der Waals surface area contributed by atoms with Crippen molar-refractivity contribution in [1.82, 2.24) is 39.6 Å². The van der Waals surface area contributed by atoms with Gasteiger partial charge in [-0.2, -0.15) is 10.2 Å². The van der Waals surface area contributed by atoms with Gasteiger partial charge in [-0.15, -0.1) is 5.10 Å². The van der Waals surface area contributed by atoms with Crippen molar-refractivity contribution in [1.29, 1.82) is 0 Å². The van der Waals surface area contributed by atoms with Crippen LogP contribution < -0.4 is 15.0 Å². The van der Waals surface area contributed by atoms with Gasteiger partial charge in [0, 0.05) is 25.5 Å². The monoisotopic (exact) mass is 522 g/mol. The number of nitrogens with one attached hydrogen (secondary N) is 2. The molecule has 0 radical (unpaired) electrons. The number of hydrogen-bond acceptors (Lipinski definition) is 8.